The van der Waals surface area contributed by atoms with E-state index < -0.39 is 0 Å². The Balaban J connectivity index is 0.000000920. The van der Waals surface area contributed by atoms with Gasteiger partial charge in [-0.25, -0.2) is 0 Å². The van der Waals surface area contributed by atoms with Gasteiger partial charge >= 0.3 is 0 Å². The summed E-state index contributed by atoms with van der Waals surface area (Å²) in [4.78, 5) is 9.06. The minimum absolute atomic E-state index is 0.0877. The summed E-state index contributed by atoms with van der Waals surface area (Å²) in [7, 11) is 1.62. The zero-order valence-electron chi connectivity index (χ0n) is 15.8. The number of rotatable bonds is 8. The van der Waals surface area contributed by atoms with Gasteiger partial charge in [-0.15, -0.1) is 0 Å². The van der Waals surface area contributed by atoms with Gasteiger partial charge in [-0.05, 0) is 42.5 Å². The fourth-order valence-electron chi connectivity index (χ4n) is 1.65. The molecule has 0 aliphatic carbocycles. The number of benzene rings is 2. The molecule has 0 aliphatic rings. The first kappa shape index (κ1) is 23.4. The van der Waals surface area contributed by atoms with Gasteiger partial charge < -0.3 is 19.9 Å². The van der Waals surface area contributed by atoms with E-state index in [4.69, 9.17) is 24.7 Å². The summed E-state index contributed by atoms with van der Waals surface area (Å²) in [5.74, 6) is 2.34. The molecule has 0 aliphatic heterocycles. The topological polar surface area (TPSA) is 70.8 Å². The van der Waals surface area contributed by atoms with E-state index in [-0.39, 0.29) is 6.10 Å². The molecule has 0 saturated heterocycles. The average Bonchev–Trinajstić information content (AvgIpc) is 2.72. The van der Waals surface area contributed by atoms with E-state index in [9.17, 15) is 0 Å². The summed E-state index contributed by atoms with van der Waals surface area (Å²) in [6.45, 7) is 7.98. The Labute approximate surface area is 156 Å². The SMILES string of the molecule is C=CC=O.CC.COC(CN)COc1ccc(Oc2ccccc2)cc1. The molecule has 0 radical (unpaired) electrons. The highest BCUT2D eigenvalue weighted by atomic mass is 16.5. The lowest BCUT2D eigenvalue weighted by Gasteiger charge is -2.14. The molecule has 142 valence electrons. The number of carbonyl (C=O) groups excluding carboxylic acids is 1. The van der Waals surface area contributed by atoms with Gasteiger partial charge in [0.05, 0.1) is 0 Å². The van der Waals surface area contributed by atoms with Gasteiger partial charge in [-0.1, -0.05) is 38.6 Å². The van der Waals surface area contributed by atoms with Crippen molar-refractivity contribution >= 4 is 6.29 Å². The molecule has 5 heteroatoms. The highest BCUT2D eigenvalue weighted by Crippen LogP contribution is 2.23. The van der Waals surface area contributed by atoms with Crippen LogP contribution in [-0.4, -0.2) is 32.7 Å². The average molecular weight is 359 g/mol. The summed E-state index contributed by atoms with van der Waals surface area (Å²) < 4.78 is 16.4. The van der Waals surface area contributed by atoms with Crippen molar-refractivity contribution in [2.75, 3.05) is 20.3 Å². The van der Waals surface area contributed by atoms with Crippen LogP contribution in [0.4, 0.5) is 0 Å². The van der Waals surface area contributed by atoms with E-state index in [1.807, 2.05) is 68.4 Å². The van der Waals surface area contributed by atoms with Crippen LogP contribution < -0.4 is 15.2 Å². The second-order valence-corrected chi connectivity index (χ2v) is 4.66. The van der Waals surface area contributed by atoms with Gasteiger partial charge in [0.25, 0.3) is 0 Å². The highest BCUT2D eigenvalue weighted by molar-refractivity contribution is 5.63. The van der Waals surface area contributed by atoms with Crippen LogP contribution >= 0.6 is 0 Å². The summed E-state index contributed by atoms with van der Waals surface area (Å²) in [6.07, 6.45) is 1.75. The van der Waals surface area contributed by atoms with Crippen LogP contribution in [0, 0.1) is 0 Å². The van der Waals surface area contributed by atoms with Crippen molar-refractivity contribution in [2.24, 2.45) is 5.73 Å². The van der Waals surface area contributed by atoms with E-state index in [0.717, 1.165) is 17.2 Å². The minimum atomic E-state index is -0.0877. The number of para-hydroxylation sites is 1. The number of carbonyl (C=O) groups is 1. The molecule has 0 aromatic heterocycles. The Hall–Kier alpha value is -2.63. The summed E-state index contributed by atoms with van der Waals surface area (Å²) in [5.41, 5.74) is 5.53. The molecule has 26 heavy (non-hydrogen) atoms. The summed E-state index contributed by atoms with van der Waals surface area (Å²) >= 11 is 0. The molecule has 2 aromatic carbocycles. The van der Waals surface area contributed by atoms with Gasteiger partial charge in [-0.3, -0.25) is 4.79 Å². The molecule has 0 spiro atoms. The maximum absolute atomic E-state index is 9.06. The Bertz CT molecular complexity index is 575. The van der Waals surface area contributed by atoms with E-state index in [1.165, 1.54) is 6.08 Å². The third-order valence-corrected chi connectivity index (χ3v) is 2.93. The number of methoxy groups -OCH3 is 1. The largest absolute Gasteiger partial charge is 0.491 e. The highest BCUT2D eigenvalue weighted by Gasteiger charge is 2.05. The normalized spacial score (nSPS) is 10.2. The second-order valence-electron chi connectivity index (χ2n) is 4.66. The molecule has 2 N–H and O–H groups in total. The molecule has 0 fully saturated rings. The first-order valence-electron chi connectivity index (χ1n) is 8.48. The smallest absolute Gasteiger partial charge is 0.142 e. The van der Waals surface area contributed by atoms with Crippen LogP contribution in [0.5, 0.6) is 17.2 Å². The van der Waals surface area contributed by atoms with Gasteiger partial charge in [0.15, 0.2) is 0 Å². The predicted molar refractivity (Wildman–Crippen MR) is 106 cm³/mol. The predicted octanol–water partition coefficient (Wildman–Crippen LogP) is 4.23. The number of ether oxygens (including phenoxy) is 3. The molecule has 0 heterocycles. The molecular weight excluding hydrogens is 330 g/mol. The molecule has 0 saturated carbocycles. The number of hydrogen-bond donors (Lipinski definition) is 1. The van der Waals surface area contributed by atoms with Gasteiger partial charge in [0.1, 0.15) is 36.2 Å². The first-order valence-corrected chi connectivity index (χ1v) is 8.48. The lowest BCUT2D eigenvalue weighted by atomic mass is 10.3. The zero-order chi connectivity index (χ0) is 19.6. The van der Waals surface area contributed by atoms with Gasteiger partial charge in [0.2, 0.25) is 0 Å². The minimum Gasteiger partial charge on any atom is -0.491 e. The molecule has 0 bridgehead atoms. The van der Waals surface area contributed by atoms with Crippen LogP contribution in [0.3, 0.4) is 0 Å². The quantitative estimate of drug-likeness (QED) is 0.564. The molecule has 2 rings (SSSR count). The van der Waals surface area contributed by atoms with Gasteiger partial charge in [0, 0.05) is 13.7 Å². The van der Waals surface area contributed by atoms with Crippen molar-refractivity contribution < 1.29 is 19.0 Å². The molecule has 5 nitrogen and oxygen atoms in total. The van der Waals surface area contributed by atoms with Crippen LogP contribution in [0.25, 0.3) is 0 Å². The first-order chi connectivity index (χ1) is 12.7. The van der Waals surface area contributed by atoms with Crippen molar-refractivity contribution in [2.45, 2.75) is 20.0 Å². The summed E-state index contributed by atoms with van der Waals surface area (Å²) in [5, 5.41) is 0. The Morgan fingerprint density at radius 2 is 1.50 bits per heavy atom. The molecule has 2 aromatic rings. The van der Waals surface area contributed by atoms with E-state index >= 15 is 0 Å². The fourth-order valence-corrected chi connectivity index (χ4v) is 1.65. The molecule has 1 unspecified atom stereocenters. The van der Waals surface area contributed by atoms with Crippen molar-refractivity contribution in [3.8, 4) is 17.2 Å². The number of allylic oxidation sites excluding steroid dienone is 1. The molecule has 1 atom stereocenters. The lowest BCUT2D eigenvalue weighted by Crippen LogP contribution is -2.28. The van der Waals surface area contributed by atoms with Crippen molar-refractivity contribution in [1.29, 1.82) is 0 Å². The van der Waals surface area contributed by atoms with E-state index in [0.29, 0.717) is 19.4 Å². The standard InChI is InChI=1S/C16H19NO3.C3H4O.C2H6/c1-18-16(11-17)12-19-13-7-9-15(10-8-13)20-14-5-3-2-4-6-14;1-2-3-4;1-2/h2-10,16H,11-12,17H2,1H3;2-3H,1H2;1-2H3. The fraction of sp³-hybridized carbons (Fsp3) is 0.286. The Morgan fingerprint density at radius 1 is 1.00 bits per heavy atom. The third-order valence-electron chi connectivity index (χ3n) is 2.93. The van der Waals surface area contributed by atoms with Gasteiger partial charge in [-0.2, -0.15) is 0 Å². The van der Waals surface area contributed by atoms with Crippen molar-refractivity contribution in [1.82, 2.24) is 0 Å². The monoisotopic (exact) mass is 359 g/mol. The maximum Gasteiger partial charge on any atom is 0.142 e. The van der Waals surface area contributed by atoms with Crippen molar-refractivity contribution in [3.63, 3.8) is 0 Å². The molecule has 0 amide bonds. The maximum atomic E-state index is 9.06. The van der Waals surface area contributed by atoms with Crippen LogP contribution in [0.2, 0.25) is 0 Å². The van der Waals surface area contributed by atoms with Crippen molar-refractivity contribution in [3.05, 3.63) is 67.3 Å². The number of aldehydes is 1. The summed E-state index contributed by atoms with van der Waals surface area (Å²) in [6, 6.07) is 17.1. The van der Waals surface area contributed by atoms with Crippen LogP contribution in [0.15, 0.2) is 67.3 Å². The Morgan fingerprint density at radius 3 is 1.96 bits per heavy atom. The second kappa shape index (κ2) is 15.9. The lowest BCUT2D eigenvalue weighted by molar-refractivity contribution is -0.104. The number of hydrogen-bond acceptors (Lipinski definition) is 5. The number of nitrogens with two attached hydrogens (primary N) is 1. The van der Waals surface area contributed by atoms with E-state index in [2.05, 4.69) is 6.58 Å². The third kappa shape index (κ3) is 10.3. The van der Waals surface area contributed by atoms with Crippen LogP contribution in [0.1, 0.15) is 13.8 Å². The van der Waals surface area contributed by atoms with E-state index in [1.54, 1.807) is 7.11 Å². The van der Waals surface area contributed by atoms with Crippen LogP contribution in [-0.2, 0) is 9.53 Å². The molecular formula is C21H29NO4. The zero-order valence-corrected chi connectivity index (χ0v) is 15.8. The Kier molecular flexibility index (Phi) is 14.3.